The van der Waals surface area contributed by atoms with Gasteiger partial charge in [0.15, 0.2) is 0 Å². The monoisotopic (exact) mass is 244 g/mol. The van der Waals surface area contributed by atoms with Crippen molar-refractivity contribution in [3.63, 3.8) is 0 Å². The fourth-order valence-corrected chi connectivity index (χ4v) is 1.02. The lowest BCUT2D eigenvalue weighted by Crippen LogP contribution is -1.97. The molecular weight excluding hydrogens is 235 g/mol. The predicted octanol–water partition coefficient (Wildman–Crippen LogP) is 3.54. The number of rotatable bonds is 3. The van der Waals surface area contributed by atoms with Gasteiger partial charge in [-0.15, -0.1) is 0 Å². The maximum atomic E-state index is 13.0. The van der Waals surface area contributed by atoms with Crippen LogP contribution < -0.4 is 4.74 Å². The molecule has 0 spiro atoms. The van der Waals surface area contributed by atoms with E-state index < -0.39 is 0 Å². The van der Waals surface area contributed by atoms with Gasteiger partial charge in [0.2, 0.25) is 0 Å². The summed E-state index contributed by atoms with van der Waals surface area (Å²) in [6.45, 7) is 5.96. The fourth-order valence-electron chi connectivity index (χ4n) is 0.773. The number of ether oxygens (including phenoxy) is 1. The molecule has 0 atom stereocenters. The van der Waals surface area contributed by atoms with Crippen molar-refractivity contribution in [2.45, 2.75) is 6.92 Å². The van der Waals surface area contributed by atoms with E-state index in [0.29, 0.717) is 16.8 Å². The van der Waals surface area contributed by atoms with E-state index in [9.17, 15) is 4.39 Å². The van der Waals surface area contributed by atoms with Crippen LogP contribution in [0.3, 0.4) is 0 Å². The van der Waals surface area contributed by atoms with Gasteiger partial charge >= 0.3 is 0 Å². The van der Waals surface area contributed by atoms with Crippen LogP contribution in [0.15, 0.2) is 34.8 Å². The van der Waals surface area contributed by atoms with Crippen molar-refractivity contribution in [3.8, 4) is 5.75 Å². The highest BCUT2D eigenvalue weighted by molar-refractivity contribution is 9.10. The second kappa shape index (κ2) is 4.42. The van der Waals surface area contributed by atoms with Gasteiger partial charge in [-0.1, -0.05) is 6.58 Å². The summed E-state index contributed by atoms with van der Waals surface area (Å²) >= 11 is 3.06. The lowest BCUT2D eigenvalue weighted by molar-refractivity contribution is 0.350. The van der Waals surface area contributed by atoms with Crippen molar-refractivity contribution < 1.29 is 9.13 Å². The number of benzene rings is 1. The molecule has 0 heterocycles. The minimum absolute atomic E-state index is 0.320. The molecule has 0 aliphatic carbocycles. The van der Waals surface area contributed by atoms with E-state index in [2.05, 4.69) is 22.5 Å². The van der Waals surface area contributed by atoms with Crippen LogP contribution in [0.1, 0.15) is 6.92 Å². The molecule has 0 saturated heterocycles. The molecule has 0 bridgehead atoms. The summed E-state index contributed by atoms with van der Waals surface area (Å²) in [7, 11) is 0. The molecule has 1 aromatic carbocycles. The first-order chi connectivity index (χ1) is 6.09. The Morgan fingerprint density at radius 1 is 1.62 bits per heavy atom. The van der Waals surface area contributed by atoms with E-state index in [-0.39, 0.29) is 5.82 Å². The average Bonchev–Trinajstić information content (AvgIpc) is 2.07. The highest BCUT2D eigenvalue weighted by Crippen LogP contribution is 2.20. The van der Waals surface area contributed by atoms with Gasteiger partial charge in [0, 0.05) is 6.07 Å². The summed E-state index contributed by atoms with van der Waals surface area (Å²) in [5, 5.41) is 0. The second-order valence-corrected chi connectivity index (χ2v) is 3.68. The molecule has 3 heteroatoms. The van der Waals surface area contributed by atoms with Gasteiger partial charge in [0.1, 0.15) is 18.2 Å². The Morgan fingerprint density at radius 2 is 2.31 bits per heavy atom. The largest absolute Gasteiger partial charge is 0.489 e. The molecule has 0 aliphatic heterocycles. The highest BCUT2D eigenvalue weighted by atomic mass is 79.9. The Morgan fingerprint density at radius 3 is 2.85 bits per heavy atom. The third kappa shape index (κ3) is 3.19. The predicted molar refractivity (Wildman–Crippen MR) is 54.4 cm³/mol. The smallest absolute Gasteiger partial charge is 0.141 e. The summed E-state index contributed by atoms with van der Waals surface area (Å²) in [5.74, 6) is 0.197. The van der Waals surface area contributed by atoms with E-state index in [1.807, 2.05) is 6.92 Å². The quantitative estimate of drug-likeness (QED) is 0.740. The van der Waals surface area contributed by atoms with Gasteiger partial charge in [-0.2, -0.15) is 0 Å². The molecule has 0 aromatic heterocycles. The molecule has 0 unspecified atom stereocenters. The van der Waals surface area contributed by atoms with Crippen LogP contribution in [0.5, 0.6) is 5.75 Å². The maximum absolute atomic E-state index is 13.0. The van der Waals surface area contributed by atoms with E-state index >= 15 is 0 Å². The normalized spacial score (nSPS) is 9.77. The van der Waals surface area contributed by atoms with Gasteiger partial charge in [-0.25, -0.2) is 4.39 Å². The van der Waals surface area contributed by atoms with Crippen LogP contribution in [0.25, 0.3) is 0 Å². The fraction of sp³-hybridized carbons (Fsp3) is 0.200. The Labute approximate surface area is 85.3 Å². The van der Waals surface area contributed by atoms with Crippen molar-refractivity contribution >= 4 is 15.9 Å². The van der Waals surface area contributed by atoms with E-state index in [1.165, 1.54) is 6.07 Å². The molecular formula is C10H10BrFO. The Hall–Kier alpha value is -0.830. The molecule has 0 radical (unpaired) electrons. The summed E-state index contributed by atoms with van der Waals surface area (Å²) in [6.07, 6.45) is 0. The number of hydrogen-bond donors (Lipinski definition) is 0. The van der Waals surface area contributed by atoms with Gasteiger partial charge < -0.3 is 4.74 Å². The Bertz CT molecular complexity index is 323. The van der Waals surface area contributed by atoms with Crippen molar-refractivity contribution in [2.24, 2.45) is 0 Å². The van der Waals surface area contributed by atoms with Crippen LogP contribution in [-0.4, -0.2) is 6.61 Å². The van der Waals surface area contributed by atoms with Gasteiger partial charge in [0.05, 0.1) is 4.47 Å². The highest BCUT2D eigenvalue weighted by Gasteiger charge is 2.00. The van der Waals surface area contributed by atoms with Crippen LogP contribution >= 0.6 is 15.9 Å². The minimum atomic E-state index is -0.320. The van der Waals surface area contributed by atoms with Gasteiger partial charge in [-0.05, 0) is 40.6 Å². The van der Waals surface area contributed by atoms with Gasteiger partial charge in [0.25, 0.3) is 0 Å². The zero-order chi connectivity index (χ0) is 9.84. The number of hydrogen-bond acceptors (Lipinski definition) is 1. The van der Waals surface area contributed by atoms with E-state index in [4.69, 9.17) is 4.74 Å². The number of halogens is 2. The first-order valence-corrected chi connectivity index (χ1v) is 4.61. The molecule has 0 aliphatic rings. The summed E-state index contributed by atoms with van der Waals surface area (Å²) in [4.78, 5) is 0. The van der Waals surface area contributed by atoms with E-state index in [0.717, 1.165) is 5.57 Å². The SMILES string of the molecule is C=C(C)COc1ccc(Br)c(F)c1. The topological polar surface area (TPSA) is 9.23 Å². The molecule has 1 rings (SSSR count). The van der Waals surface area contributed by atoms with Crippen LogP contribution in [-0.2, 0) is 0 Å². The standard InChI is InChI=1S/C10H10BrFO/c1-7(2)6-13-8-3-4-9(11)10(12)5-8/h3-5H,1,6H2,2H3. The average molecular weight is 245 g/mol. The van der Waals surface area contributed by atoms with Gasteiger partial charge in [-0.3, -0.25) is 0 Å². The van der Waals surface area contributed by atoms with Crippen LogP contribution in [0, 0.1) is 5.82 Å². The maximum Gasteiger partial charge on any atom is 0.141 e. The zero-order valence-corrected chi connectivity index (χ0v) is 8.90. The Balaban J connectivity index is 2.68. The molecule has 13 heavy (non-hydrogen) atoms. The summed E-state index contributed by atoms with van der Waals surface area (Å²) < 4.78 is 18.6. The van der Waals surface area contributed by atoms with E-state index in [1.54, 1.807) is 12.1 Å². The molecule has 0 saturated carbocycles. The summed E-state index contributed by atoms with van der Waals surface area (Å²) in [6, 6.07) is 4.66. The third-order valence-corrected chi connectivity index (χ3v) is 2.02. The molecule has 0 N–H and O–H groups in total. The molecule has 1 aromatic rings. The van der Waals surface area contributed by atoms with Crippen molar-refractivity contribution in [1.29, 1.82) is 0 Å². The molecule has 70 valence electrons. The van der Waals surface area contributed by atoms with Crippen LogP contribution in [0.4, 0.5) is 4.39 Å². The molecule has 0 fully saturated rings. The van der Waals surface area contributed by atoms with Crippen LogP contribution in [0.2, 0.25) is 0 Å². The first kappa shape index (κ1) is 10.3. The lowest BCUT2D eigenvalue weighted by Gasteiger charge is -2.05. The lowest BCUT2D eigenvalue weighted by atomic mass is 10.3. The van der Waals surface area contributed by atoms with Crippen molar-refractivity contribution in [2.75, 3.05) is 6.61 Å². The zero-order valence-electron chi connectivity index (χ0n) is 7.31. The van der Waals surface area contributed by atoms with Crippen molar-refractivity contribution in [3.05, 3.63) is 40.6 Å². The Kier molecular flexibility index (Phi) is 3.48. The minimum Gasteiger partial charge on any atom is -0.489 e. The third-order valence-electron chi connectivity index (χ3n) is 1.38. The van der Waals surface area contributed by atoms with Crippen molar-refractivity contribution in [1.82, 2.24) is 0 Å². The summed E-state index contributed by atoms with van der Waals surface area (Å²) in [5.41, 5.74) is 0.906. The molecule has 0 amide bonds. The second-order valence-electron chi connectivity index (χ2n) is 2.82. The first-order valence-electron chi connectivity index (χ1n) is 3.82. The molecule has 1 nitrogen and oxygen atoms in total.